The third-order valence-electron chi connectivity index (χ3n) is 6.89. The van der Waals surface area contributed by atoms with Gasteiger partial charge in [0.25, 0.3) is 5.91 Å². The normalized spacial score (nSPS) is 13.4. The first-order valence-electron chi connectivity index (χ1n) is 12.5. The maximum atomic E-state index is 12.0. The summed E-state index contributed by atoms with van der Waals surface area (Å²) in [7, 11) is 3.14. The number of aromatic amines is 1. The number of carbonyl (C=O) groups excluding carboxylic acids is 2. The van der Waals surface area contributed by atoms with E-state index in [9.17, 15) is 9.59 Å². The minimum absolute atomic E-state index is 0.0750. The summed E-state index contributed by atoms with van der Waals surface area (Å²) < 4.78 is 12.0. The number of rotatable bonds is 8. The molecule has 0 saturated heterocycles. The van der Waals surface area contributed by atoms with E-state index in [-0.39, 0.29) is 12.0 Å². The number of fused-ring (bicyclic) bond motifs is 1. The highest BCUT2D eigenvalue weighted by Gasteiger charge is 2.23. The number of aromatic nitrogens is 3. The monoisotopic (exact) mass is 514 g/mol. The van der Waals surface area contributed by atoms with Crippen molar-refractivity contribution in [3.63, 3.8) is 0 Å². The molecule has 1 saturated carbocycles. The zero-order valence-electron chi connectivity index (χ0n) is 21.6. The Labute approximate surface area is 220 Å². The molecule has 5 rings (SSSR count). The number of hydrogen-bond donors (Lipinski definition) is 4. The highest BCUT2D eigenvalue weighted by atomic mass is 16.5. The molecule has 196 valence electrons. The van der Waals surface area contributed by atoms with Crippen LogP contribution in [-0.2, 0) is 0 Å². The molecule has 38 heavy (non-hydrogen) atoms. The number of amides is 2. The SMILES string of the molecule is CNC(=O)c1ccc(-c2c[nH]c3nc(Nc4ccc(C(N)=O)c(C)c4OC)nc(OC4CCCC4)c23)cc1. The van der Waals surface area contributed by atoms with Crippen molar-refractivity contribution in [2.75, 3.05) is 19.5 Å². The Morgan fingerprint density at radius 1 is 1.08 bits per heavy atom. The Balaban J connectivity index is 1.57. The lowest BCUT2D eigenvalue weighted by atomic mass is 10.0. The van der Waals surface area contributed by atoms with E-state index in [0.717, 1.165) is 42.2 Å². The Hall–Kier alpha value is -4.60. The molecule has 0 aliphatic heterocycles. The molecule has 2 aromatic heterocycles. The van der Waals surface area contributed by atoms with Crippen LogP contribution in [0, 0.1) is 6.92 Å². The summed E-state index contributed by atoms with van der Waals surface area (Å²) >= 11 is 0. The lowest BCUT2D eigenvalue weighted by molar-refractivity contribution is 0.0961. The summed E-state index contributed by atoms with van der Waals surface area (Å²) in [6, 6.07) is 10.7. The maximum absolute atomic E-state index is 12.0. The molecule has 0 unspecified atom stereocenters. The molecule has 2 aromatic carbocycles. The lowest BCUT2D eigenvalue weighted by Crippen LogP contribution is -2.17. The number of carbonyl (C=O) groups is 2. The molecule has 4 aromatic rings. The fraction of sp³-hybridized carbons (Fsp3) is 0.286. The fourth-order valence-electron chi connectivity index (χ4n) is 4.92. The largest absolute Gasteiger partial charge is 0.494 e. The molecule has 1 aliphatic rings. The smallest absolute Gasteiger partial charge is 0.251 e. The first kappa shape index (κ1) is 25.1. The average Bonchev–Trinajstić information content (AvgIpc) is 3.58. The average molecular weight is 515 g/mol. The predicted molar refractivity (Wildman–Crippen MR) is 145 cm³/mol. The van der Waals surface area contributed by atoms with Crippen LogP contribution in [0.1, 0.15) is 52.0 Å². The van der Waals surface area contributed by atoms with Crippen LogP contribution in [-0.4, -0.2) is 47.0 Å². The van der Waals surface area contributed by atoms with Gasteiger partial charge in [0, 0.05) is 35.5 Å². The van der Waals surface area contributed by atoms with Gasteiger partial charge in [-0.1, -0.05) is 12.1 Å². The Morgan fingerprint density at radius 2 is 1.82 bits per heavy atom. The van der Waals surface area contributed by atoms with Gasteiger partial charge in [0.2, 0.25) is 17.7 Å². The van der Waals surface area contributed by atoms with Crippen molar-refractivity contribution in [3.05, 3.63) is 59.3 Å². The third kappa shape index (κ3) is 4.72. The number of primary amides is 1. The standard InChI is InChI=1S/C28H30N6O4/c1-15-19(24(29)35)12-13-21(23(15)37-3)32-28-33-25-22(27(34-28)38-18-6-4-5-7-18)20(14-31-25)16-8-10-17(11-9-16)26(36)30-2/h8-14,18H,4-7H2,1-3H3,(H2,29,35)(H,30,36)(H2,31,32,33,34). The van der Waals surface area contributed by atoms with Gasteiger partial charge < -0.3 is 30.8 Å². The third-order valence-corrected chi connectivity index (χ3v) is 6.89. The lowest BCUT2D eigenvalue weighted by Gasteiger charge is -2.17. The quantitative estimate of drug-likeness (QED) is 0.272. The van der Waals surface area contributed by atoms with Crippen molar-refractivity contribution >= 4 is 34.5 Å². The van der Waals surface area contributed by atoms with Crippen LogP contribution >= 0.6 is 0 Å². The van der Waals surface area contributed by atoms with Crippen LogP contribution in [0.15, 0.2) is 42.6 Å². The molecule has 2 heterocycles. The number of ether oxygens (including phenoxy) is 2. The summed E-state index contributed by atoms with van der Waals surface area (Å²) in [6.45, 7) is 1.77. The molecule has 0 spiro atoms. The minimum Gasteiger partial charge on any atom is -0.494 e. The summed E-state index contributed by atoms with van der Waals surface area (Å²) in [6.07, 6.45) is 6.12. The Morgan fingerprint density at radius 3 is 2.47 bits per heavy atom. The molecule has 5 N–H and O–H groups in total. The number of benzene rings is 2. The first-order chi connectivity index (χ1) is 18.4. The van der Waals surface area contributed by atoms with Gasteiger partial charge in [0.1, 0.15) is 17.5 Å². The highest BCUT2D eigenvalue weighted by molar-refractivity contribution is 5.99. The van der Waals surface area contributed by atoms with E-state index in [4.69, 9.17) is 25.2 Å². The van der Waals surface area contributed by atoms with Crippen molar-refractivity contribution in [3.8, 4) is 22.8 Å². The number of nitrogens with zero attached hydrogens (tertiary/aromatic N) is 2. The molecule has 0 atom stereocenters. The molecule has 0 radical (unpaired) electrons. The molecule has 1 aliphatic carbocycles. The minimum atomic E-state index is -0.528. The second kappa shape index (κ2) is 10.4. The molecule has 1 fully saturated rings. The van der Waals surface area contributed by atoms with Gasteiger partial charge in [-0.05, 0) is 62.4 Å². The zero-order chi connectivity index (χ0) is 26.8. The summed E-state index contributed by atoms with van der Waals surface area (Å²) in [5.41, 5.74) is 10.1. The van der Waals surface area contributed by atoms with Gasteiger partial charge in [-0.3, -0.25) is 9.59 Å². The van der Waals surface area contributed by atoms with Gasteiger partial charge in [-0.2, -0.15) is 9.97 Å². The highest BCUT2D eigenvalue weighted by Crippen LogP contribution is 2.38. The molecular formula is C28H30N6O4. The van der Waals surface area contributed by atoms with Crippen molar-refractivity contribution in [2.24, 2.45) is 5.73 Å². The Kier molecular flexibility index (Phi) is 6.87. The number of hydrogen-bond acceptors (Lipinski definition) is 7. The summed E-state index contributed by atoms with van der Waals surface area (Å²) in [5, 5.41) is 6.62. The van der Waals surface area contributed by atoms with E-state index in [2.05, 4.69) is 15.6 Å². The van der Waals surface area contributed by atoms with Gasteiger partial charge in [-0.15, -0.1) is 0 Å². The van der Waals surface area contributed by atoms with Crippen LogP contribution in [0.2, 0.25) is 0 Å². The van der Waals surface area contributed by atoms with E-state index < -0.39 is 5.91 Å². The number of H-pyrrole nitrogens is 1. The van der Waals surface area contributed by atoms with Crippen LogP contribution < -0.4 is 25.8 Å². The van der Waals surface area contributed by atoms with Crippen LogP contribution in [0.25, 0.3) is 22.2 Å². The number of nitrogens with one attached hydrogen (secondary N) is 3. The second-order valence-electron chi connectivity index (χ2n) is 9.27. The topological polar surface area (TPSA) is 144 Å². The van der Waals surface area contributed by atoms with Gasteiger partial charge in [0.05, 0.1) is 18.2 Å². The molecular weight excluding hydrogens is 484 g/mol. The van der Waals surface area contributed by atoms with Crippen molar-refractivity contribution < 1.29 is 19.1 Å². The van der Waals surface area contributed by atoms with Gasteiger partial charge in [0.15, 0.2) is 0 Å². The number of anilines is 2. The summed E-state index contributed by atoms with van der Waals surface area (Å²) in [4.78, 5) is 36.5. The van der Waals surface area contributed by atoms with Crippen LogP contribution in [0.5, 0.6) is 11.6 Å². The molecule has 2 amide bonds. The van der Waals surface area contributed by atoms with Gasteiger partial charge in [-0.25, -0.2) is 0 Å². The molecule has 10 heteroatoms. The summed E-state index contributed by atoms with van der Waals surface area (Å²) in [5.74, 6) is 0.597. The number of methoxy groups -OCH3 is 1. The molecule has 10 nitrogen and oxygen atoms in total. The van der Waals surface area contributed by atoms with Gasteiger partial charge >= 0.3 is 0 Å². The number of nitrogens with two attached hydrogens (primary N) is 1. The molecule has 0 bridgehead atoms. The van der Waals surface area contributed by atoms with Crippen LogP contribution in [0.4, 0.5) is 11.6 Å². The second-order valence-corrected chi connectivity index (χ2v) is 9.27. The van der Waals surface area contributed by atoms with E-state index in [1.807, 2.05) is 18.3 Å². The van der Waals surface area contributed by atoms with Crippen molar-refractivity contribution in [1.82, 2.24) is 20.3 Å². The van der Waals surface area contributed by atoms with E-state index in [1.54, 1.807) is 38.2 Å². The fourth-order valence-corrected chi connectivity index (χ4v) is 4.92. The predicted octanol–water partition coefficient (Wildman–Crippen LogP) is 4.47. The Bertz CT molecular complexity index is 1510. The van der Waals surface area contributed by atoms with E-state index in [1.165, 1.54) is 7.11 Å². The van der Waals surface area contributed by atoms with E-state index >= 15 is 0 Å². The van der Waals surface area contributed by atoms with E-state index in [0.29, 0.717) is 45.6 Å². The maximum Gasteiger partial charge on any atom is 0.251 e. The van der Waals surface area contributed by atoms with Crippen LogP contribution in [0.3, 0.4) is 0 Å². The zero-order valence-corrected chi connectivity index (χ0v) is 21.6. The van der Waals surface area contributed by atoms with Crippen molar-refractivity contribution in [2.45, 2.75) is 38.7 Å². The first-order valence-corrected chi connectivity index (χ1v) is 12.5. The van der Waals surface area contributed by atoms with Crippen molar-refractivity contribution in [1.29, 1.82) is 0 Å².